The van der Waals surface area contributed by atoms with Crippen molar-refractivity contribution in [2.75, 3.05) is 5.32 Å². The molecule has 1 heterocycles. The van der Waals surface area contributed by atoms with Crippen LogP contribution >= 0.6 is 11.3 Å². The van der Waals surface area contributed by atoms with Gasteiger partial charge in [-0.3, -0.25) is 4.79 Å². The molecule has 1 aromatic carbocycles. The van der Waals surface area contributed by atoms with Gasteiger partial charge >= 0.3 is 0 Å². The lowest BCUT2D eigenvalue weighted by molar-refractivity contribution is -0.143. The number of aromatic nitrogens is 2. The Balaban J connectivity index is 1.50. The second-order valence-electron chi connectivity index (χ2n) is 8.59. The molecule has 0 saturated heterocycles. The number of aryl methyl sites for hydroxylation is 1. The molecule has 4 aliphatic carbocycles. The number of hydrogen-bond donors (Lipinski definition) is 1. The molecular formula is C20H23N3OS. The summed E-state index contributed by atoms with van der Waals surface area (Å²) in [4.78, 5) is 13.2. The number of hydrogen-bond acceptors (Lipinski definition) is 4. The Kier molecular flexibility index (Phi) is 3.33. The summed E-state index contributed by atoms with van der Waals surface area (Å²) < 4.78 is 0. The SMILES string of the molecule is Cc1ccc(C23C[C@H]4C[C@@H](CC(C(=O)Nc5nncs5)(C4)C2)C3)cc1. The summed E-state index contributed by atoms with van der Waals surface area (Å²) >= 11 is 1.40. The first-order chi connectivity index (χ1) is 12.1. The zero-order valence-corrected chi connectivity index (χ0v) is 15.3. The molecule has 2 atom stereocenters. The number of carbonyl (C=O) groups is 1. The lowest BCUT2D eigenvalue weighted by Gasteiger charge is -2.61. The van der Waals surface area contributed by atoms with Crippen LogP contribution in [0, 0.1) is 24.2 Å². The van der Waals surface area contributed by atoms with Gasteiger partial charge in [0, 0.05) is 0 Å². The Bertz CT molecular complexity index is 785. The predicted octanol–water partition coefficient (Wildman–Crippen LogP) is 4.32. The molecule has 6 rings (SSSR count). The lowest BCUT2D eigenvalue weighted by Crippen LogP contribution is -2.57. The minimum Gasteiger partial charge on any atom is -0.300 e. The van der Waals surface area contributed by atoms with Crippen LogP contribution in [0.15, 0.2) is 29.8 Å². The van der Waals surface area contributed by atoms with E-state index in [-0.39, 0.29) is 16.7 Å². The molecule has 1 aromatic heterocycles. The molecular weight excluding hydrogens is 330 g/mol. The highest BCUT2D eigenvalue weighted by atomic mass is 32.1. The maximum atomic E-state index is 13.2. The summed E-state index contributed by atoms with van der Waals surface area (Å²) in [5, 5.41) is 11.5. The zero-order valence-electron chi connectivity index (χ0n) is 14.5. The fraction of sp³-hybridized carbons (Fsp3) is 0.550. The van der Waals surface area contributed by atoms with Gasteiger partial charge in [-0.25, -0.2) is 0 Å². The molecule has 0 radical (unpaired) electrons. The van der Waals surface area contributed by atoms with E-state index in [1.807, 2.05) is 0 Å². The minimum atomic E-state index is -0.222. The monoisotopic (exact) mass is 353 g/mol. The van der Waals surface area contributed by atoms with Crippen molar-refractivity contribution in [3.8, 4) is 0 Å². The molecule has 4 aliphatic rings. The highest BCUT2D eigenvalue weighted by molar-refractivity contribution is 7.13. The first kappa shape index (κ1) is 15.5. The van der Waals surface area contributed by atoms with E-state index >= 15 is 0 Å². The van der Waals surface area contributed by atoms with Gasteiger partial charge in [0.25, 0.3) is 0 Å². The van der Waals surface area contributed by atoms with E-state index in [1.165, 1.54) is 41.7 Å². The molecule has 0 unspecified atom stereocenters. The van der Waals surface area contributed by atoms with Crippen molar-refractivity contribution in [2.24, 2.45) is 17.3 Å². The van der Waals surface area contributed by atoms with Gasteiger partial charge in [-0.2, -0.15) is 0 Å². The van der Waals surface area contributed by atoms with E-state index in [1.54, 1.807) is 5.51 Å². The van der Waals surface area contributed by atoms with Crippen molar-refractivity contribution in [3.63, 3.8) is 0 Å². The van der Waals surface area contributed by atoms with Crippen LogP contribution in [0.4, 0.5) is 5.13 Å². The van der Waals surface area contributed by atoms with Gasteiger partial charge < -0.3 is 5.32 Å². The maximum absolute atomic E-state index is 13.2. The predicted molar refractivity (Wildman–Crippen MR) is 98.5 cm³/mol. The van der Waals surface area contributed by atoms with Crippen LogP contribution in [0.5, 0.6) is 0 Å². The molecule has 4 fully saturated rings. The average Bonchev–Trinajstić information content (AvgIpc) is 3.07. The summed E-state index contributed by atoms with van der Waals surface area (Å²) in [7, 11) is 0. The minimum absolute atomic E-state index is 0.176. The Morgan fingerprint density at radius 2 is 1.88 bits per heavy atom. The van der Waals surface area contributed by atoms with Crippen molar-refractivity contribution < 1.29 is 4.79 Å². The van der Waals surface area contributed by atoms with Crippen molar-refractivity contribution in [3.05, 3.63) is 40.9 Å². The highest BCUT2D eigenvalue weighted by Gasteiger charge is 2.60. The van der Waals surface area contributed by atoms with Gasteiger partial charge in [0.05, 0.1) is 5.41 Å². The second kappa shape index (κ2) is 5.37. The van der Waals surface area contributed by atoms with Crippen LogP contribution in [-0.2, 0) is 10.2 Å². The molecule has 130 valence electrons. The number of carbonyl (C=O) groups excluding carboxylic acids is 1. The molecule has 4 nitrogen and oxygen atoms in total. The van der Waals surface area contributed by atoms with Crippen molar-refractivity contribution in [2.45, 2.75) is 50.9 Å². The van der Waals surface area contributed by atoms with E-state index in [0.717, 1.165) is 19.3 Å². The third-order valence-electron chi connectivity index (χ3n) is 6.79. The van der Waals surface area contributed by atoms with E-state index < -0.39 is 0 Å². The second-order valence-corrected chi connectivity index (χ2v) is 9.42. The normalized spacial score (nSPS) is 35.7. The van der Waals surface area contributed by atoms with Gasteiger partial charge in [0.2, 0.25) is 11.0 Å². The Hall–Kier alpha value is -1.75. The smallest absolute Gasteiger partial charge is 0.232 e. The van der Waals surface area contributed by atoms with Gasteiger partial charge in [-0.1, -0.05) is 41.2 Å². The first-order valence-corrected chi connectivity index (χ1v) is 10.1. The average molecular weight is 353 g/mol. The Labute approximate surface area is 152 Å². The zero-order chi connectivity index (χ0) is 17.1. The van der Waals surface area contributed by atoms with Gasteiger partial charge in [-0.15, -0.1) is 10.2 Å². The van der Waals surface area contributed by atoms with Crippen LogP contribution in [0.1, 0.15) is 49.7 Å². The number of nitrogens with zero attached hydrogens (tertiary/aromatic N) is 2. The van der Waals surface area contributed by atoms with E-state index in [4.69, 9.17) is 0 Å². The van der Waals surface area contributed by atoms with E-state index in [2.05, 4.69) is 46.7 Å². The molecule has 5 heteroatoms. The fourth-order valence-corrected chi connectivity index (χ4v) is 6.67. The molecule has 4 saturated carbocycles. The largest absolute Gasteiger partial charge is 0.300 e. The van der Waals surface area contributed by atoms with Crippen LogP contribution in [-0.4, -0.2) is 16.1 Å². The number of amides is 1. The number of anilines is 1. The fourth-order valence-electron chi connectivity index (χ4n) is 6.23. The molecule has 4 bridgehead atoms. The standard InChI is InChI=1S/C20H23N3OS/c1-13-2-4-16(5-3-13)19-7-14-6-15(8-19)10-20(9-14,11-19)17(24)22-18-23-21-12-25-18/h2-5,12,14-15H,6-11H2,1H3,(H,22,23,24)/t14-,15-,19?,20?/m1/s1. The molecule has 0 spiro atoms. The van der Waals surface area contributed by atoms with Gasteiger partial charge in [0.1, 0.15) is 5.51 Å². The molecule has 0 aliphatic heterocycles. The summed E-state index contributed by atoms with van der Waals surface area (Å²) in [5.41, 5.74) is 4.39. The third kappa shape index (κ3) is 2.43. The maximum Gasteiger partial charge on any atom is 0.232 e. The third-order valence-corrected chi connectivity index (χ3v) is 7.39. The lowest BCUT2D eigenvalue weighted by atomic mass is 9.42. The molecule has 2 aromatic rings. The molecule has 25 heavy (non-hydrogen) atoms. The summed E-state index contributed by atoms with van der Waals surface area (Å²) in [6.07, 6.45) is 6.88. The number of rotatable bonds is 3. The quantitative estimate of drug-likeness (QED) is 0.894. The summed E-state index contributed by atoms with van der Waals surface area (Å²) in [6.45, 7) is 2.14. The van der Waals surface area contributed by atoms with E-state index in [0.29, 0.717) is 17.0 Å². The topological polar surface area (TPSA) is 54.9 Å². The van der Waals surface area contributed by atoms with Crippen molar-refractivity contribution in [1.82, 2.24) is 10.2 Å². The van der Waals surface area contributed by atoms with E-state index in [9.17, 15) is 4.79 Å². The highest BCUT2D eigenvalue weighted by Crippen LogP contribution is 2.66. The van der Waals surface area contributed by atoms with Crippen LogP contribution in [0.3, 0.4) is 0 Å². The number of benzene rings is 1. The number of nitrogens with one attached hydrogen (secondary N) is 1. The van der Waals surface area contributed by atoms with Crippen LogP contribution in [0.25, 0.3) is 0 Å². The summed E-state index contributed by atoms with van der Waals surface area (Å²) in [5.74, 6) is 1.54. The van der Waals surface area contributed by atoms with Crippen LogP contribution < -0.4 is 5.32 Å². The summed E-state index contributed by atoms with van der Waals surface area (Å²) in [6, 6.07) is 9.06. The Morgan fingerprint density at radius 1 is 1.16 bits per heavy atom. The van der Waals surface area contributed by atoms with Crippen LogP contribution in [0.2, 0.25) is 0 Å². The molecule has 1 amide bonds. The van der Waals surface area contributed by atoms with Crippen molar-refractivity contribution >= 4 is 22.4 Å². The molecule has 1 N–H and O–H groups in total. The van der Waals surface area contributed by atoms with Gasteiger partial charge in [-0.05, 0) is 68.3 Å². The Morgan fingerprint density at radius 3 is 2.52 bits per heavy atom. The first-order valence-electron chi connectivity index (χ1n) is 9.22. The van der Waals surface area contributed by atoms with Gasteiger partial charge in [0.15, 0.2) is 0 Å². The van der Waals surface area contributed by atoms with Crippen molar-refractivity contribution in [1.29, 1.82) is 0 Å².